The third kappa shape index (κ3) is 3.85. The van der Waals surface area contributed by atoms with Gasteiger partial charge >= 0.3 is 0 Å². The summed E-state index contributed by atoms with van der Waals surface area (Å²) in [5.74, 6) is 0.567. The molecule has 20 heavy (non-hydrogen) atoms. The van der Waals surface area contributed by atoms with Crippen molar-refractivity contribution in [3.63, 3.8) is 0 Å². The van der Waals surface area contributed by atoms with E-state index in [2.05, 4.69) is 0 Å². The Morgan fingerprint density at radius 1 is 1.00 bits per heavy atom. The highest BCUT2D eigenvalue weighted by Gasteiger charge is 2.20. The second-order valence-electron chi connectivity index (χ2n) is 5.29. The molecular formula is C17H20O2S. The SMILES string of the molecule is CC(C)(O)c1ccccc1SC[C@H](O)c1ccccc1. The van der Waals surface area contributed by atoms with Crippen LogP contribution in [0.5, 0.6) is 0 Å². The molecule has 0 radical (unpaired) electrons. The number of aliphatic hydroxyl groups excluding tert-OH is 1. The van der Waals surface area contributed by atoms with Crippen LogP contribution in [0.15, 0.2) is 59.5 Å². The third-order valence-electron chi connectivity index (χ3n) is 3.13. The summed E-state index contributed by atoms with van der Waals surface area (Å²) >= 11 is 1.57. The molecule has 2 nitrogen and oxygen atoms in total. The van der Waals surface area contributed by atoms with Gasteiger partial charge in [0.05, 0.1) is 11.7 Å². The maximum absolute atomic E-state index is 10.2. The van der Waals surface area contributed by atoms with Crippen molar-refractivity contribution in [1.82, 2.24) is 0 Å². The summed E-state index contributed by atoms with van der Waals surface area (Å²) in [4.78, 5) is 1.01. The lowest BCUT2D eigenvalue weighted by atomic mass is 9.99. The molecule has 2 aromatic carbocycles. The van der Waals surface area contributed by atoms with E-state index < -0.39 is 11.7 Å². The minimum Gasteiger partial charge on any atom is -0.388 e. The van der Waals surface area contributed by atoms with Gasteiger partial charge in [-0.2, -0.15) is 0 Å². The molecule has 0 aromatic heterocycles. The number of aliphatic hydroxyl groups is 2. The van der Waals surface area contributed by atoms with E-state index in [1.807, 2.05) is 54.6 Å². The lowest BCUT2D eigenvalue weighted by Gasteiger charge is -2.21. The van der Waals surface area contributed by atoms with Crippen LogP contribution in [0, 0.1) is 0 Å². The van der Waals surface area contributed by atoms with Crippen molar-refractivity contribution in [2.45, 2.75) is 30.4 Å². The highest BCUT2D eigenvalue weighted by atomic mass is 32.2. The Morgan fingerprint density at radius 2 is 1.60 bits per heavy atom. The minimum absolute atomic E-state index is 0.504. The van der Waals surface area contributed by atoms with Crippen LogP contribution in [0.2, 0.25) is 0 Å². The number of thioether (sulfide) groups is 1. The average Bonchev–Trinajstić information content (AvgIpc) is 2.45. The quantitative estimate of drug-likeness (QED) is 0.823. The zero-order chi connectivity index (χ0) is 14.6. The summed E-state index contributed by atoms with van der Waals surface area (Å²) in [7, 11) is 0. The van der Waals surface area contributed by atoms with E-state index in [1.165, 1.54) is 0 Å². The number of benzene rings is 2. The van der Waals surface area contributed by atoms with E-state index in [1.54, 1.807) is 25.6 Å². The monoisotopic (exact) mass is 288 g/mol. The highest BCUT2D eigenvalue weighted by Crippen LogP contribution is 2.33. The predicted octanol–water partition coefficient (Wildman–Crippen LogP) is 3.74. The summed E-state index contributed by atoms with van der Waals surface area (Å²) in [6.45, 7) is 3.56. The lowest BCUT2D eigenvalue weighted by molar-refractivity contribution is 0.0757. The fourth-order valence-corrected chi connectivity index (χ4v) is 3.22. The second kappa shape index (κ2) is 6.44. The molecule has 2 N–H and O–H groups in total. The Bertz CT molecular complexity index is 546. The van der Waals surface area contributed by atoms with Crippen LogP contribution in [0.3, 0.4) is 0 Å². The Balaban J connectivity index is 2.08. The highest BCUT2D eigenvalue weighted by molar-refractivity contribution is 7.99. The van der Waals surface area contributed by atoms with Gasteiger partial charge in [-0.3, -0.25) is 0 Å². The van der Waals surface area contributed by atoms with Crippen LogP contribution in [-0.4, -0.2) is 16.0 Å². The van der Waals surface area contributed by atoms with Crippen LogP contribution >= 0.6 is 11.8 Å². The Labute approximate surface area is 124 Å². The summed E-state index contributed by atoms with van der Waals surface area (Å²) in [6, 6.07) is 17.4. The normalized spacial score (nSPS) is 13.2. The van der Waals surface area contributed by atoms with Crippen LogP contribution in [-0.2, 0) is 5.60 Å². The van der Waals surface area contributed by atoms with E-state index in [4.69, 9.17) is 0 Å². The molecule has 0 bridgehead atoms. The van der Waals surface area contributed by atoms with Gasteiger partial charge in [0.25, 0.3) is 0 Å². The molecule has 2 aromatic rings. The lowest BCUT2D eigenvalue weighted by Crippen LogP contribution is -2.16. The molecular weight excluding hydrogens is 268 g/mol. The van der Waals surface area contributed by atoms with Crippen molar-refractivity contribution in [3.8, 4) is 0 Å². The molecule has 0 unspecified atom stereocenters. The van der Waals surface area contributed by atoms with Gasteiger partial charge in [0, 0.05) is 10.6 Å². The van der Waals surface area contributed by atoms with Crippen molar-refractivity contribution in [3.05, 3.63) is 65.7 Å². The van der Waals surface area contributed by atoms with Gasteiger partial charge < -0.3 is 10.2 Å². The van der Waals surface area contributed by atoms with Gasteiger partial charge in [0.2, 0.25) is 0 Å². The Morgan fingerprint density at radius 3 is 2.25 bits per heavy atom. The molecule has 3 heteroatoms. The van der Waals surface area contributed by atoms with Crippen molar-refractivity contribution in [2.75, 3.05) is 5.75 Å². The molecule has 0 spiro atoms. The Kier molecular flexibility index (Phi) is 4.86. The van der Waals surface area contributed by atoms with Crippen LogP contribution in [0.4, 0.5) is 0 Å². The summed E-state index contributed by atoms with van der Waals surface area (Å²) < 4.78 is 0. The van der Waals surface area contributed by atoms with E-state index >= 15 is 0 Å². The maximum atomic E-state index is 10.2. The molecule has 106 valence electrons. The second-order valence-corrected chi connectivity index (χ2v) is 6.35. The summed E-state index contributed by atoms with van der Waals surface area (Å²) in [6.07, 6.45) is -0.504. The molecule has 0 amide bonds. The van der Waals surface area contributed by atoms with E-state index in [9.17, 15) is 10.2 Å². The molecule has 0 aliphatic rings. The molecule has 0 saturated carbocycles. The average molecular weight is 288 g/mol. The Hall–Kier alpha value is -1.29. The zero-order valence-corrected chi connectivity index (χ0v) is 12.6. The zero-order valence-electron chi connectivity index (χ0n) is 11.8. The van der Waals surface area contributed by atoms with Gasteiger partial charge in [-0.05, 0) is 31.0 Å². The van der Waals surface area contributed by atoms with Gasteiger partial charge in [-0.25, -0.2) is 0 Å². The molecule has 0 aliphatic heterocycles. The van der Waals surface area contributed by atoms with Gasteiger partial charge in [0.15, 0.2) is 0 Å². The van der Waals surface area contributed by atoms with Crippen LogP contribution in [0.1, 0.15) is 31.1 Å². The first-order valence-corrected chi connectivity index (χ1v) is 7.65. The standard InChI is InChI=1S/C17H20O2S/c1-17(2,19)14-10-6-7-11-16(14)20-12-15(18)13-8-4-3-5-9-13/h3-11,15,18-19H,12H2,1-2H3/t15-/m0/s1. The topological polar surface area (TPSA) is 40.5 Å². The molecule has 0 fully saturated rings. The van der Waals surface area contributed by atoms with E-state index in [0.717, 1.165) is 16.0 Å². The van der Waals surface area contributed by atoms with E-state index in [0.29, 0.717) is 5.75 Å². The fraction of sp³-hybridized carbons (Fsp3) is 0.294. The van der Waals surface area contributed by atoms with Gasteiger partial charge in [-0.15, -0.1) is 11.8 Å². The number of rotatable bonds is 5. The van der Waals surface area contributed by atoms with Crippen molar-refractivity contribution < 1.29 is 10.2 Å². The number of hydrogen-bond donors (Lipinski definition) is 2. The summed E-state index contributed by atoms with van der Waals surface area (Å²) in [5, 5.41) is 20.4. The molecule has 2 rings (SSSR count). The summed E-state index contributed by atoms with van der Waals surface area (Å²) in [5.41, 5.74) is 0.937. The smallest absolute Gasteiger partial charge is 0.0883 e. The van der Waals surface area contributed by atoms with E-state index in [-0.39, 0.29) is 0 Å². The first kappa shape index (κ1) is 15.1. The molecule has 0 aliphatic carbocycles. The predicted molar refractivity (Wildman–Crippen MR) is 83.8 cm³/mol. The molecule has 1 atom stereocenters. The number of hydrogen-bond acceptors (Lipinski definition) is 3. The van der Waals surface area contributed by atoms with Gasteiger partial charge in [-0.1, -0.05) is 48.5 Å². The van der Waals surface area contributed by atoms with Crippen molar-refractivity contribution in [1.29, 1.82) is 0 Å². The maximum Gasteiger partial charge on any atom is 0.0883 e. The fourth-order valence-electron chi connectivity index (χ4n) is 2.04. The van der Waals surface area contributed by atoms with Gasteiger partial charge in [0.1, 0.15) is 0 Å². The first-order chi connectivity index (χ1) is 9.48. The van der Waals surface area contributed by atoms with Crippen molar-refractivity contribution >= 4 is 11.8 Å². The van der Waals surface area contributed by atoms with Crippen LogP contribution < -0.4 is 0 Å². The molecule has 0 saturated heterocycles. The third-order valence-corrected chi connectivity index (χ3v) is 4.28. The minimum atomic E-state index is -0.874. The largest absolute Gasteiger partial charge is 0.388 e. The molecule has 0 heterocycles. The van der Waals surface area contributed by atoms with Crippen molar-refractivity contribution in [2.24, 2.45) is 0 Å². The van der Waals surface area contributed by atoms with Crippen LogP contribution in [0.25, 0.3) is 0 Å². The first-order valence-electron chi connectivity index (χ1n) is 6.66.